The molecule has 0 heterocycles. The predicted molar refractivity (Wildman–Crippen MR) is 79.3 cm³/mol. The van der Waals surface area contributed by atoms with Crippen LogP contribution < -0.4 is 5.32 Å². The Balaban J connectivity index is 2.16. The minimum Gasteiger partial charge on any atom is -0.384 e. The fourth-order valence-electron chi connectivity index (χ4n) is 2.78. The molecular formula is C17H20FNO2. The lowest BCUT2D eigenvalue weighted by Crippen LogP contribution is -2.34. The molecule has 2 rings (SSSR count). The first-order chi connectivity index (χ1) is 9.91. The SMILES string of the molecule is CC1(C)CCC(NC(=O)c2ccc(F)cc2C#CCO)C1. The van der Waals surface area contributed by atoms with Gasteiger partial charge in [0.2, 0.25) is 0 Å². The number of aliphatic hydroxyl groups is 1. The highest BCUT2D eigenvalue weighted by Crippen LogP contribution is 2.37. The standard InChI is InChI=1S/C17H20FNO2/c1-17(2)8-7-14(11-17)19-16(21)15-6-5-13(18)10-12(15)4-3-9-20/h5-6,10,14,20H,7-9,11H2,1-2H3,(H,19,21). The van der Waals surface area contributed by atoms with E-state index in [1.165, 1.54) is 18.2 Å². The van der Waals surface area contributed by atoms with E-state index in [0.717, 1.165) is 19.3 Å². The summed E-state index contributed by atoms with van der Waals surface area (Å²) in [7, 11) is 0. The second-order valence-electron chi connectivity index (χ2n) is 6.23. The number of hydrogen-bond acceptors (Lipinski definition) is 2. The van der Waals surface area contributed by atoms with Crippen molar-refractivity contribution in [2.75, 3.05) is 6.61 Å². The zero-order valence-corrected chi connectivity index (χ0v) is 12.4. The lowest BCUT2D eigenvalue weighted by atomic mass is 9.92. The first kappa shape index (κ1) is 15.5. The largest absolute Gasteiger partial charge is 0.384 e. The lowest BCUT2D eigenvalue weighted by molar-refractivity contribution is 0.0935. The van der Waals surface area contributed by atoms with Gasteiger partial charge in [-0.25, -0.2) is 4.39 Å². The summed E-state index contributed by atoms with van der Waals surface area (Å²) >= 11 is 0. The van der Waals surface area contributed by atoms with Crippen LogP contribution in [0.25, 0.3) is 0 Å². The van der Waals surface area contributed by atoms with Crippen molar-refractivity contribution in [2.45, 2.75) is 39.2 Å². The Morgan fingerprint density at radius 1 is 1.52 bits per heavy atom. The van der Waals surface area contributed by atoms with Crippen molar-refractivity contribution in [3.05, 3.63) is 35.1 Å². The summed E-state index contributed by atoms with van der Waals surface area (Å²) in [6.45, 7) is 4.05. The van der Waals surface area contributed by atoms with E-state index in [9.17, 15) is 9.18 Å². The first-order valence-corrected chi connectivity index (χ1v) is 7.11. The van der Waals surface area contributed by atoms with Crippen LogP contribution in [0.1, 0.15) is 49.0 Å². The van der Waals surface area contributed by atoms with Crippen molar-refractivity contribution in [3.8, 4) is 11.8 Å². The second kappa shape index (κ2) is 6.28. The Kier molecular flexibility index (Phi) is 4.64. The molecule has 1 fully saturated rings. The topological polar surface area (TPSA) is 49.3 Å². The molecule has 0 radical (unpaired) electrons. The minimum absolute atomic E-state index is 0.149. The Morgan fingerprint density at radius 2 is 2.29 bits per heavy atom. The molecule has 1 aromatic rings. The van der Waals surface area contributed by atoms with Gasteiger partial charge in [0.25, 0.3) is 5.91 Å². The van der Waals surface area contributed by atoms with Gasteiger partial charge in [0.05, 0.1) is 5.56 Å². The molecule has 0 saturated heterocycles. The molecule has 4 heteroatoms. The molecule has 1 aromatic carbocycles. The van der Waals surface area contributed by atoms with E-state index in [-0.39, 0.29) is 24.0 Å². The summed E-state index contributed by atoms with van der Waals surface area (Å²) in [5.41, 5.74) is 0.904. The summed E-state index contributed by atoms with van der Waals surface area (Å²) in [4.78, 5) is 12.3. The van der Waals surface area contributed by atoms with E-state index in [1.54, 1.807) is 0 Å². The monoisotopic (exact) mass is 289 g/mol. The molecule has 112 valence electrons. The molecule has 0 spiro atoms. The fraction of sp³-hybridized carbons (Fsp3) is 0.471. The van der Waals surface area contributed by atoms with Gasteiger partial charge in [-0.3, -0.25) is 4.79 Å². The van der Waals surface area contributed by atoms with Crippen LogP contribution in [0.3, 0.4) is 0 Å². The molecule has 1 saturated carbocycles. The average molecular weight is 289 g/mol. The van der Waals surface area contributed by atoms with Gasteiger partial charge in [0.15, 0.2) is 0 Å². The summed E-state index contributed by atoms with van der Waals surface area (Å²) in [6.07, 6.45) is 2.98. The first-order valence-electron chi connectivity index (χ1n) is 7.11. The van der Waals surface area contributed by atoms with Gasteiger partial charge >= 0.3 is 0 Å². The zero-order chi connectivity index (χ0) is 15.5. The van der Waals surface area contributed by atoms with Gasteiger partial charge in [-0.2, -0.15) is 0 Å². The molecule has 1 amide bonds. The number of halogens is 1. The molecule has 1 aliphatic carbocycles. The normalized spacial score (nSPS) is 19.7. The third kappa shape index (κ3) is 4.05. The van der Waals surface area contributed by atoms with E-state index in [4.69, 9.17) is 5.11 Å². The summed E-state index contributed by atoms with van der Waals surface area (Å²) in [6, 6.07) is 4.05. The van der Waals surface area contributed by atoms with Gasteiger partial charge in [-0.05, 0) is 42.9 Å². The molecular weight excluding hydrogens is 269 g/mol. The number of rotatable bonds is 2. The summed E-state index contributed by atoms with van der Waals surface area (Å²) < 4.78 is 13.3. The maximum Gasteiger partial charge on any atom is 0.252 e. The highest BCUT2D eigenvalue weighted by atomic mass is 19.1. The number of carbonyl (C=O) groups is 1. The van der Waals surface area contributed by atoms with Crippen molar-refractivity contribution >= 4 is 5.91 Å². The van der Waals surface area contributed by atoms with Gasteiger partial charge < -0.3 is 10.4 Å². The number of carbonyl (C=O) groups excluding carboxylic acids is 1. The molecule has 0 aliphatic heterocycles. The fourth-order valence-corrected chi connectivity index (χ4v) is 2.78. The van der Waals surface area contributed by atoms with Crippen LogP contribution in [0.2, 0.25) is 0 Å². The van der Waals surface area contributed by atoms with Crippen molar-refractivity contribution in [1.29, 1.82) is 0 Å². The molecule has 1 atom stereocenters. The van der Waals surface area contributed by atoms with Crippen LogP contribution in [-0.2, 0) is 0 Å². The van der Waals surface area contributed by atoms with Crippen LogP contribution in [-0.4, -0.2) is 23.7 Å². The average Bonchev–Trinajstić information content (AvgIpc) is 2.75. The molecule has 1 aliphatic rings. The Bertz CT molecular complexity index is 599. The maximum atomic E-state index is 13.3. The quantitative estimate of drug-likeness (QED) is 0.822. The van der Waals surface area contributed by atoms with Crippen molar-refractivity contribution in [2.24, 2.45) is 5.41 Å². The third-order valence-corrected chi connectivity index (χ3v) is 3.83. The van der Waals surface area contributed by atoms with Crippen LogP contribution in [0.5, 0.6) is 0 Å². The molecule has 2 N–H and O–H groups in total. The smallest absolute Gasteiger partial charge is 0.252 e. The molecule has 1 unspecified atom stereocenters. The molecule has 3 nitrogen and oxygen atoms in total. The zero-order valence-electron chi connectivity index (χ0n) is 12.4. The van der Waals surface area contributed by atoms with E-state index < -0.39 is 5.82 Å². The van der Waals surface area contributed by atoms with Crippen LogP contribution in [0.4, 0.5) is 4.39 Å². The van der Waals surface area contributed by atoms with E-state index in [0.29, 0.717) is 11.1 Å². The van der Waals surface area contributed by atoms with E-state index >= 15 is 0 Å². The van der Waals surface area contributed by atoms with Crippen LogP contribution >= 0.6 is 0 Å². The Labute approximate surface area is 124 Å². The Hall–Kier alpha value is -1.86. The molecule has 21 heavy (non-hydrogen) atoms. The third-order valence-electron chi connectivity index (χ3n) is 3.83. The van der Waals surface area contributed by atoms with E-state index in [1.807, 2.05) is 0 Å². The molecule has 0 bridgehead atoms. The second-order valence-corrected chi connectivity index (χ2v) is 6.23. The highest BCUT2D eigenvalue weighted by Gasteiger charge is 2.32. The van der Waals surface area contributed by atoms with Gasteiger partial charge in [-0.1, -0.05) is 25.7 Å². The van der Waals surface area contributed by atoms with Crippen molar-refractivity contribution in [1.82, 2.24) is 5.32 Å². The predicted octanol–water partition coefficient (Wildman–Crippen LogP) is 2.48. The van der Waals surface area contributed by atoms with Crippen LogP contribution in [0.15, 0.2) is 18.2 Å². The van der Waals surface area contributed by atoms with Gasteiger partial charge in [0, 0.05) is 11.6 Å². The number of amides is 1. The number of nitrogens with one attached hydrogen (secondary N) is 1. The summed E-state index contributed by atoms with van der Waals surface area (Å²) in [5, 5.41) is 11.7. The highest BCUT2D eigenvalue weighted by molar-refractivity contribution is 5.97. The Morgan fingerprint density at radius 3 is 2.90 bits per heavy atom. The lowest BCUT2D eigenvalue weighted by Gasteiger charge is -2.18. The van der Waals surface area contributed by atoms with Gasteiger partial charge in [-0.15, -0.1) is 0 Å². The number of benzene rings is 1. The van der Waals surface area contributed by atoms with Gasteiger partial charge in [0.1, 0.15) is 12.4 Å². The van der Waals surface area contributed by atoms with Crippen molar-refractivity contribution in [3.63, 3.8) is 0 Å². The summed E-state index contributed by atoms with van der Waals surface area (Å²) in [5.74, 6) is 4.39. The maximum absolute atomic E-state index is 13.3. The number of aliphatic hydroxyl groups excluding tert-OH is 1. The minimum atomic E-state index is -0.448. The number of hydrogen-bond donors (Lipinski definition) is 2. The van der Waals surface area contributed by atoms with E-state index in [2.05, 4.69) is 31.0 Å². The van der Waals surface area contributed by atoms with Crippen LogP contribution in [0, 0.1) is 23.1 Å². The molecule has 0 aromatic heterocycles. The van der Waals surface area contributed by atoms with Crippen molar-refractivity contribution < 1.29 is 14.3 Å².